The number of carbonyl (C=O) groups excluding carboxylic acids is 1. The van der Waals surface area contributed by atoms with Crippen molar-refractivity contribution in [1.82, 2.24) is 9.97 Å². The van der Waals surface area contributed by atoms with Crippen molar-refractivity contribution in [2.24, 2.45) is 5.92 Å². The first-order valence-corrected chi connectivity index (χ1v) is 4.59. The van der Waals surface area contributed by atoms with Gasteiger partial charge in [-0.2, -0.15) is 4.98 Å². The summed E-state index contributed by atoms with van der Waals surface area (Å²) in [5.41, 5.74) is 0.244. The number of rotatable bonds is 4. The van der Waals surface area contributed by atoms with E-state index in [9.17, 15) is 4.79 Å². The van der Waals surface area contributed by atoms with Crippen LogP contribution in [-0.4, -0.2) is 30.0 Å². The molecule has 0 aromatic carbocycles. The number of carbonyl (C=O) groups is 1. The van der Waals surface area contributed by atoms with E-state index >= 15 is 0 Å². The van der Waals surface area contributed by atoms with Crippen LogP contribution in [0, 0.1) is 5.92 Å². The van der Waals surface area contributed by atoms with Crippen molar-refractivity contribution in [3.05, 3.63) is 11.9 Å². The van der Waals surface area contributed by atoms with Gasteiger partial charge >= 0.3 is 0 Å². The lowest BCUT2D eigenvalue weighted by atomic mass is 10.1. The van der Waals surface area contributed by atoms with Gasteiger partial charge in [0.25, 0.3) is 0 Å². The summed E-state index contributed by atoms with van der Waals surface area (Å²) in [6.07, 6.45) is 1.40. The molecule has 0 aliphatic heterocycles. The number of methoxy groups -OCH3 is 2. The number of hydrogen-bond donors (Lipinski definition) is 0. The van der Waals surface area contributed by atoms with Gasteiger partial charge in [-0.1, -0.05) is 13.8 Å². The predicted molar refractivity (Wildman–Crippen MR) is 54.3 cm³/mol. The van der Waals surface area contributed by atoms with E-state index < -0.39 is 0 Å². The molecule has 0 amide bonds. The van der Waals surface area contributed by atoms with Crippen LogP contribution in [0.5, 0.6) is 11.8 Å². The van der Waals surface area contributed by atoms with Crippen molar-refractivity contribution < 1.29 is 14.3 Å². The van der Waals surface area contributed by atoms with Crippen LogP contribution in [0.25, 0.3) is 0 Å². The highest BCUT2D eigenvalue weighted by Gasteiger charge is 2.19. The molecule has 0 radical (unpaired) electrons. The van der Waals surface area contributed by atoms with Crippen LogP contribution in [0.1, 0.15) is 24.3 Å². The summed E-state index contributed by atoms with van der Waals surface area (Å²) >= 11 is 0. The molecule has 15 heavy (non-hydrogen) atoms. The number of ether oxygens (including phenoxy) is 2. The normalized spacial score (nSPS) is 10.2. The largest absolute Gasteiger partial charge is 0.480 e. The minimum atomic E-state index is -0.137. The second kappa shape index (κ2) is 4.72. The second-order valence-corrected chi connectivity index (χ2v) is 3.29. The first kappa shape index (κ1) is 11.4. The van der Waals surface area contributed by atoms with Crippen molar-refractivity contribution >= 4 is 5.78 Å². The Morgan fingerprint density at radius 3 is 2.47 bits per heavy atom. The predicted octanol–water partition coefficient (Wildman–Crippen LogP) is 1.33. The molecule has 82 valence electrons. The molecule has 0 aliphatic rings. The van der Waals surface area contributed by atoms with E-state index in [2.05, 4.69) is 9.97 Å². The zero-order valence-corrected chi connectivity index (χ0v) is 9.27. The highest BCUT2D eigenvalue weighted by molar-refractivity contribution is 5.97. The summed E-state index contributed by atoms with van der Waals surface area (Å²) in [4.78, 5) is 19.7. The highest BCUT2D eigenvalue weighted by atomic mass is 16.5. The standard InChI is InChI=1S/C10H14N2O3/c1-6(2)9(13)8-10(15-4)12-7(14-3)5-11-8/h5-6H,1-4H3. The second-order valence-electron chi connectivity index (χ2n) is 3.29. The number of hydrogen-bond acceptors (Lipinski definition) is 5. The SMILES string of the molecule is COc1cnc(C(=O)C(C)C)c(OC)n1. The lowest BCUT2D eigenvalue weighted by Gasteiger charge is -2.08. The van der Waals surface area contributed by atoms with Gasteiger partial charge in [0, 0.05) is 5.92 Å². The Bertz CT molecular complexity index is 364. The van der Waals surface area contributed by atoms with E-state index in [-0.39, 0.29) is 23.3 Å². The Kier molecular flexibility index (Phi) is 3.60. The topological polar surface area (TPSA) is 61.3 Å². The summed E-state index contributed by atoms with van der Waals surface area (Å²) in [6, 6.07) is 0. The molecule has 0 spiro atoms. The molecule has 1 heterocycles. The maximum atomic E-state index is 11.7. The van der Waals surface area contributed by atoms with E-state index in [1.807, 2.05) is 0 Å². The molecule has 0 N–H and O–H groups in total. The highest BCUT2D eigenvalue weighted by Crippen LogP contribution is 2.19. The Morgan fingerprint density at radius 2 is 2.00 bits per heavy atom. The van der Waals surface area contributed by atoms with E-state index in [0.29, 0.717) is 5.88 Å². The van der Waals surface area contributed by atoms with Gasteiger partial charge in [-0.3, -0.25) is 4.79 Å². The molecule has 0 aliphatic carbocycles. The minimum absolute atomic E-state index is 0.0954. The third kappa shape index (κ3) is 2.43. The molecule has 0 saturated carbocycles. The third-order valence-electron chi connectivity index (χ3n) is 1.88. The summed E-state index contributed by atoms with van der Waals surface area (Å²) in [5.74, 6) is 0.295. The Balaban J connectivity index is 3.13. The maximum absolute atomic E-state index is 11.7. The quantitative estimate of drug-likeness (QED) is 0.701. The molecular formula is C10H14N2O3. The third-order valence-corrected chi connectivity index (χ3v) is 1.88. The Labute approximate surface area is 88.4 Å². The lowest BCUT2D eigenvalue weighted by molar-refractivity contribution is 0.0930. The van der Waals surface area contributed by atoms with Gasteiger partial charge in [-0.25, -0.2) is 4.98 Å². The van der Waals surface area contributed by atoms with Crippen molar-refractivity contribution in [3.63, 3.8) is 0 Å². The molecule has 5 nitrogen and oxygen atoms in total. The van der Waals surface area contributed by atoms with Crippen LogP contribution in [-0.2, 0) is 0 Å². The van der Waals surface area contributed by atoms with Crippen LogP contribution < -0.4 is 9.47 Å². The number of nitrogens with zero attached hydrogens (tertiary/aromatic N) is 2. The van der Waals surface area contributed by atoms with Gasteiger partial charge in [0.2, 0.25) is 11.8 Å². The fourth-order valence-corrected chi connectivity index (χ4v) is 1.04. The van der Waals surface area contributed by atoms with Gasteiger partial charge in [0.15, 0.2) is 11.5 Å². The molecule has 0 saturated heterocycles. The molecular weight excluding hydrogens is 196 g/mol. The average molecular weight is 210 g/mol. The Hall–Kier alpha value is -1.65. The molecule has 5 heteroatoms. The zero-order valence-electron chi connectivity index (χ0n) is 9.27. The van der Waals surface area contributed by atoms with Crippen molar-refractivity contribution in [3.8, 4) is 11.8 Å². The van der Waals surface area contributed by atoms with E-state index in [4.69, 9.17) is 9.47 Å². The van der Waals surface area contributed by atoms with E-state index in [1.165, 1.54) is 20.4 Å². The van der Waals surface area contributed by atoms with Crippen molar-refractivity contribution in [2.45, 2.75) is 13.8 Å². The Morgan fingerprint density at radius 1 is 1.33 bits per heavy atom. The number of aromatic nitrogens is 2. The van der Waals surface area contributed by atoms with Gasteiger partial charge in [-0.05, 0) is 0 Å². The molecule has 0 fully saturated rings. The fraction of sp³-hybridized carbons (Fsp3) is 0.500. The number of ketones is 1. The zero-order chi connectivity index (χ0) is 11.4. The van der Waals surface area contributed by atoms with Gasteiger partial charge in [0.1, 0.15) is 0 Å². The summed E-state index contributed by atoms with van der Waals surface area (Å²) in [7, 11) is 2.92. The van der Waals surface area contributed by atoms with Crippen LogP contribution in [0.15, 0.2) is 6.20 Å². The fourth-order valence-electron chi connectivity index (χ4n) is 1.04. The first-order valence-electron chi connectivity index (χ1n) is 4.59. The molecule has 0 unspecified atom stereocenters. The maximum Gasteiger partial charge on any atom is 0.246 e. The first-order chi connectivity index (χ1) is 7.10. The molecule has 1 aromatic heterocycles. The molecule has 0 bridgehead atoms. The average Bonchev–Trinajstić information content (AvgIpc) is 2.27. The van der Waals surface area contributed by atoms with Crippen LogP contribution >= 0.6 is 0 Å². The van der Waals surface area contributed by atoms with E-state index in [1.54, 1.807) is 13.8 Å². The summed E-state index contributed by atoms with van der Waals surface area (Å²) < 4.78 is 9.87. The van der Waals surface area contributed by atoms with Crippen molar-refractivity contribution in [2.75, 3.05) is 14.2 Å². The number of Topliss-reactive ketones (excluding diaryl/α,β-unsaturated/α-hetero) is 1. The van der Waals surface area contributed by atoms with Gasteiger partial charge in [0.05, 0.1) is 20.4 Å². The van der Waals surface area contributed by atoms with E-state index in [0.717, 1.165) is 0 Å². The van der Waals surface area contributed by atoms with Crippen LogP contribution in [0.4, 0.5) is 0 Å². The minimum Gasteiger partial charge on any atom is -0.480 e. The molecule has 1 aromatic rings. The lowest BCUT2D eigenvalue weighted by Crippen LogP contribution is -2.12. The molecule has 1 rings (SSSR count). The van der Waals surface area contributed by atoms with Crippen molar-refractivity contribution in [1.29, 1.82) is 0 Å². The summed E-state index contributed by atoms with van der Waals surface area (Å²) in [6.45, 7) is 3.60. The summed E-state index contributed by atoms with van der Waals surface area (Å²) in [5, 5.41) is 0. The van der Waals surface area contributed by atoms with Crippen LogP contribution in [0.3, 0.4) is 0 Å². The van der Waals surface area contributed by atoms with Gasteiger partial charge < -0.3 is 9.47 Å². The van der Waals surface area contributed by atoms with Gasteiger partial charge in [-0.15, -0.1) is 0 Å². The smallest absolute Gasteiger partial charge is 0.246 e. The van der Waals surface area contributed by atoms with Crippen LogP contribution in [0.2, 0.25) is 0 Å². The molecule has 0 atom stereocenters. The monoisotopic (exact) mass is 210 g/mol.